The number of carboxylic acid groups (broad SMARTS) is 1. The number of aromatic hydroxyl groups is 1. The van der Waals surface area contributed by atoms with Gasteiger partial charge in [-0.05, 0) is 36.4 Å². The second-order valence-corrected chi connectivity index (χ2v) is 4.42. The van der Waals surface area contributed by atoms with E-state index in [1.54, 1.807) is 40.9 Å². The van der Waals surface area contributed by atoms with E-state index in [1.807, 2.05) is 0 Å². The van der Waals surface area contributed by atoms with E-state index in [4.69, 9.17) is 9.84 Å². The average Bonchev–Trinajstić information content (AvgIpc) is 2.86. The van der Waals surface area contributed by atoms with Gasteiger partial charge in [0, 0.05) is 6.20 Å². The first-order chi connectivity index (χ1) is 10.1. The van der Waals surface area contributed by atoms with Crippen LogP contribution in [0, 0.1) is 0 Å². The Balaban J connectivity index is 1.90. The molecule has 6 nitrogen and oxygen atoms in total. The van der Waals surface area contributed by atoms with E-state index >= 15 is 0 Å². The van der Waals surface area contributed by atoms with E-state index in [-0.39, 0.29) is 18.1 Å². The molecule has 0 unspecified atom stereocenters. The number of fused-ring (bicyclic) bond motifs is 1. The number of hydrogen-bond donors (Lipinski definition) is 2. The highest BCUT2D eigenvalue weighted by Gasteiger charge is 2.16. The second kappa shape index (κ2) is 5.16. The molecule has 0 fully saturated rings. The van der Waals surface area contributed by atoms with Crippen molar-refractivity contribution in [1.29, 1.82) is 0 Å². The largest absolute Gasteiger partial charge is 0.508 e. The number of aromatic carboxylic acids is 1. The topological polar surface area (TPSA) is 84.1 Å². The lowest BCUT2D eigenvalue weighted by Crippen LogP contribution is -2.01. The van der Waals surface area contributed by atoms with Crippen molar-refractivity contribution in [3.63, 3.8) is 0 Å². The van der Waals surface area contributed by atoms with Gasteiger partial charge >= 0.3 is 5.97 Å². The predicted molar refractivity (Wildman–Crippen MR) is 74.6 cm³/mol. The molecule has 0 spiro atoms. The lowest BCUT2D eigenvalue weighted by Gasteiger charge is -2.05. The lowest BCUT2D eigenvalue weighted by molar-refractivity contribution is 0.0693. The number of rotatable bonds is 4. The van der Waals surface area contributed by atoms with Crippen LogP contribution in [0.2, 0.25) is 0 Å². The van der Waals surface area contributed by atoms with Crippen LogP contribution < -0.4 is 4.74 Å². The van der Waals surface area contributed by atoms with Gasteiger partial charge < -0.3 is 14.9 Å². The minimum atomic E-state index is -1.07. The van der Waals surface area contributed by atoms with Crippen LogP contribution >= 0.6 is 0 Å². The van der Waals surface area contributed by atoms with Gasteiger partial charge in [-0.3, -0.25) is 4.40 Å². The van der Waals surface area contributed by atoms with Crippen molar-refractivity contribution in [3.8, 4) is 11.5 Å². The number of imidazole rings is 1. The van der Waals surface area contributed by atoms with Gasteiger partial charge in [-0.25, -0.2) is 9.78 Å². The molecule has 1 aromatic carbocycles. The van der Waals surface area contributed by atoms with Gasteiger partial charge in [0.15, 0.2) is 11.5 Å². The van der Waals surface area contributed by atoms with E-state index in [0.29, 0.717) is 17.1 Å². The van der Waals surface area contributed by atoms with Crippen molar-refractivity contribution < 1.29 is 19.7 Å². The highest BCUT2D eigenvalue weighted by Crippen LogP contribution is 2.18. The first kappa shape index (κ1) is 13.0. The third-order valence-corrected chi connectivity index (χ3v) is 3.03. The standard InChI is InChI=1S/C15H12N2O4/c18-10-4-6-11(7-5-10)21-9-13-16-14(15(19)20)12-3-1-2-8-17(12)13/h1-8,18H,9H2,(H,19,20). The zero-order valence-corrected chi connectivity index (χ0v) is 10.9. The summed E-state index contributed by atoms with van der Waals surface area (Å²) in [6.45, 7) is 0.128. The van der Waals surface area contributed by atoms with Crippen molar-refractivity contribution in [2.45, 2.75) is 6.61 Å². The number of benzene rings is 1. The summed E-state index contributed by atoms with van der Waals surface area (Å²) >= 11 is 0. The molecule has 106 valence electrons. The fraction of sp³-hybridized carbons (Fsp3) is 0.0667. The van der Waals surface area contributed by atoms with Crippen LogP contribution in [0.4, 0.5) is 0 Å². The van der Waals surface area contributed by atoms with Crippen molar-refractivity contribution in [2.24, 2.45) is 0 Å². The molecule has 0 bridgehead atoms. The molecule has 2 heterocycles. The summed E-state index contributed by atoms with van der Waals surface area (Å²) in [4.78, 5) is 15.3. The Morgan fingerprint density at radius 3 is 2.67 bits per heavy atom. The van der Waals surface area contributed by atoms with Crippen LogP contribution in [0.3, 0.4) is 0 Å². The molecule has 21 heavy (non-hydrogen) atoms. The molecular weight excluding hydrogens is 272 g/mol. The van der Waals surface area contributed by atoms with E-state index in [0.717, 1.165) is 0 Å². The number of aromatic nitrogens is 2. The fourth-order valence-electron chi connectivity index (χ4n) is 2.05. The Morgan fingerprint density at radius 2 is 1.95 bits per heavy atom. The summed E-state index contributed by atoms with van der Waals surface area (Å²) in [5.74, 6) is 0.143. The molecule has 2 aromatic heterocycles. The molecule has 0 aliphatic carbocycles. The number of carboxylic acids is 1. The molecule has 0 saturated carbocycles. The van der Waals surface area contributed by atoms with Crippen LogP contribution in [-0.2, 0) is 6.61 Å². The van der Waals surface area contributed by atoms with Gasteiger partial charge in [-0.1, -0.05) is 6.07 Å². The Kier molecular flexibility index (Phi) is 3.19. The van der Waals surface area contributed by atoms with E-state index in [1.165, 1.54) is 12.1 Å². The predicted octanol–water partition coefficient (Wildman–Crippen LogP) is 2.32. The third-order valence-electron chi connectivity index (χ3n) is 3.03. The lowest BCUT2D eigenvalue weighted by atomic mass is 10.3. The average molecular weight is 284 g/mol. The quantitative estimate of drug-likeness (QED) is 0.768. The zero-order valence-electron chi connectivity index (χ0n) is 10.9. The highest BCUT2D eigenvalue weighted by atomic mass is 16.5. The number of nitrogens with zero attached hydrogens (tertiary/aromatic N) is 2. The smallest absolute Gasteiger partial charge is 0.356 e. The van der Waals surface area contributed by atoms with E-state index < -0.39 is 5.97 Å². The van der Waals surface area contributed by atoms with Crippen LogP contribution in [0.25, 0.3) is 5.52 Å². The molecule has 0 atom stereocenters. The maximum Gasteiger partial charge on any atom is 0.356 e. The zero-order chi connectivity index (χ0) is 14.8. The van der Waals surface area contributed by atoms with Crippen molar-refractivity contribution in [3.05, 3.63) is 60.2 Å². The third kappa shape index (κ3) is 2.51. The first-order valence-electron chi connectivity index (χ1n) is 6.26. The Labute approximate surface area is 119 Å². The number of phenols is 1. The molecule has 0 amide bonds. The second-order valence-electron chi connectivity index (χ2n) is 4.42. The van der Waals surface area contributed by atoms with Crippen molar-refractivity contribution >= 4 is 11.5 Å². The summed E-state index contributed by atoms with van der Waals surface area (Å²) in [5.41, 5.74) is 0.522. The number of hydrogen-bond acceptors (Lipinski definition) is 4. The van der Waals surface area contributed by atoms with Crippen LogP contribution in [0.15, 0.2) is 48.7 Å². The molecule has 0 aliphatic heterocycles. The van der Waals surface area contributed by atoms with Gasteiger partial charge in [-0.2, -0.15) is 0 Å². The molecule has 2 N–H and O–H groups in total. The Bertz CT molecular complexity index is 793. The van der Waals surface area contributed by atoms with Crippen LogP contribution in [-0.4, -0.2) is 25.6 Å². The summed E-state index contributed by atoms with van der Waals surface area (Å²) in [5, 5.41) is 18.4. The summed E-state index contributed by atoms with van der Waals surface area (Å²) in [6, 6.07) is 11.5. The molecule has 6 heteroatoms. The van der Waals surface area contributed by atoms with Gasteiger partial charge in [0.05, 0.1) is 5.52 Å². The Morgan fingerprint density at radius 1 is 1.19 bits per heavy atom. The molecule has 3 rings (SSSR count). The van der Waals surface area contributed by atoms with E-state index in [9.17, 15) is 9.90 Å². The molecule has 3 aromatic rings. The molecule has 0 saturated heterocycles. The van der Waals surface area contributed by atoms with Gasteiger partial charge in [0.2, 0.25) is 0 Å². The monoisotopic (exact) mass is 284 g/mol. The number of carbonyl (C=O) groups is 1. The number of pyridine rings is 1. The number of phenolic OH excluding ortho intramolecular Hbond substituents is 1. The minimum Gasteiger partial charge on any atom is -0.508 e. The molecular formula is C15H12N2O4. The molecule has 0 radical (unpaired) electrons. The van der Waals surface area contributed by atoms with Crippen LogP contribution in [0.1, 0.15) is 16.3 Å². The van der Waals surface area contributed by atoms with Crippen LogP contribution in [0.5, 0.6) is 11.5 Å². The summed E-state index contributed by atoms with van der Waals surface area (Å²) < 4.78 is 7.25. The first-order valence-corrected chi connectivity index (χ1v) is 6.26. The van der Waals surface area contributed by atoms with Crippen molar-refractivity contribution in [1.82, 2.24) is 9.38 Å². The maximum atomic E-state index is 11.2. The Hall–Kier alpha value is -3.02. The maximum absolute atomic E-state index is 11.2. The number of ether oxygens (including phenoxy) is 1. The van der Waals surface area contributed by atoms with E-state index in [2.05, 4.69) is 4.98 Å². The van der Waals surface area contributed by atoms with Crippen molar-refractivity contribution in [2.75, 3.05) is 0 Å². The minimum absolute atomic E-state index is 0.0000869. The SMILES string of the molecule is O=C(O)c1nc(COc2ccc(O)cc2)n2ccccc12. The summed E-state index contributed by atoms with van der Waals surface area (Å²) in [6.07, 6.45) is 1.74. The van der Waals surface area contributed by atoms with Gasteiger partial charge in [-0.15, -0.1) is 0 Å². The fourth-order valence-corrected chi connectivity index (χ4v) is 2.05. The van der Waals surface area contributed by atoms with Gasteiger partial charge in [0.25, 0.3) is 0 Å². The summed E-state index contributed by atoms with van der Waals surface area (Å²) in [7, 11) is 0. The highest BCUT2D eigenvalue weighted by molar-refractivity contribution is 5.93. The normalized spacial score (nSPS) is 10.7. The molecule has 0 aliphatic rings. The van der Waals surface area contributed by atoms with Gasteiger partial charge in [0.1, 0.15) is 18.1 Å².